The summed E-state index contributed by atoms with van der Waals surface area (Å²) in [5, 5.41) is 5.00. The first kappa shape index (κ1) is 14.1. The van der Waals surface area contributed by atoms with Crippen molar-refractivity contribution in [2.45, 2.75) is 13.8 Å². The maximum Gasteiger partial charge on any atom is 0.256 e. The summed E-state index contributed by atoms with van der Waals surface area (Å²) in [5.74, 6) is -0.144. The van der Waals surface area contributed by atoms with E-state index in [0.29, 0.717) is 12.2 Å². The largest absolute Gasteiger partial charge is 0.493 e. The van der Waals surface area contributed by atoms with Crippen molar-refractivity contribution in [3.05, 3.63) is 40.7 Å². The van der Waals surface area contributed by atoms with Crippen molar-refractivity contribution in [3.8, 4) is 0 Å². The van der Waals surface area contributed by atoms with Crippen molar-refractivity contribution in [1.29, 1.82) is 0 Å². The summed E-state index contributed by atoms with van der Waals surface area (Å²) < 4.78 is 5.26. The van der Waals surface area contributed by atoms with Crippen LogP contribution in [0.2, 0.25) is 0 Å². The van der Waals surface area contributed by atoms with E-state index >= 15 is 0 Å². The number of ether oxygens (including phenoxy) is 1. The molecule has 0 aliphatic rings. The molecule has 0 rings (SSSR count). The van der Waals surface area contributed by atoms with Gasteiger partial charge in [-0.3, -0.25) is 4.79 Å². The second kappa shape index (κ2) is 7.39. The Balaban J connectivity index is 5.26. The van der Waals surface area contributed by atoms with Gasteiger partial charge in [0, 0.05) is 7.05 Å². The Morgan fingerprint density at radius 1 is 1.56 bits per heavy atom. The smallest absolute Gasteiger partial charge is 0.256 e. The summed E-state index contributed by atoms with van der Waals surface area (Å²) in [6, 6.07) is 0. The molecule has 0 aliphatic heterocycles. The average Bonchev–Trinajstić information content (AvgIpc) is 2.23. The van der Waals surface area contributed by atoms with Crippen LogP contribution in [-0.4, -0.2) is 19.6 Å². The zero-order chi connectivity index (χ0) is 12.6. The van der Waals surface area contributed by atoms with Crippen LogP contribution in [0.5, 0.6) is 0 Å². The Hall–Kier alpha value is -1.91. The maximum atomic E-state index is 11.5. The first-order chi connectivity index (χ1) is 7.56. The quantitative estimate of drug-likeness (QED) is 0.324. The average molecular weight is 224 g/mol. The number of hydrogen-bond donors (Lipinski definition) is 1. The highest BCUT2D eigenvalue weighted by atomic mass is 16.5. The van der Waals surface area contributed by atoms with Gasteiger partial charge >= 0.3 is 0 Å². The summed E-state index contributed by atoms with van der Waals surface area (Å²) in [4.78, 5) is 21.7. The lowest BCUT2D eigenvalue weighted by Gasteiger charge is -2.10. The maximum absolute atomic E-state index is 11.5. The fourth-order valence-electron chi connectivity index (χ4n) is 0.998. The molecule has 0 unspecified atom stereocenters. The normalized spacial score (nSPS) is 11.9. The number of likely N-dealkylation sites (N-methyl/N-ethyl adjacent to an activating group) is 1. The van der Waals surface area contributed by atoms with Crippen LogP contribution < -0.4 is 5.32 Å². The van der Waals surface area contributed by atoms with Crippen LogP contribution >= 0.6 is 0 Å². The Bertz CT molecular complexity index is 343. The second-order valence-corrected chi connectivity index (χ2v) is 3.02. The highest BCUT2D eigenvalue weighted by Gasteiger charge is 2.14. The Morgan fingerprint density at radius 2 is 2.19 bits per heavy atom. The van der Waals surface area contributed by atoms with Gasteiger partial charge < -0.3 is 10.1 Å². The lowest BCUT2D eigenvalue weighted by molar-refractivity contribution is -0.117. The zero-order valence-electron chi connectivity index (χ0n) is 9.74. The number of rotatable bonds is 6. The molecular weight excluding hydrogens is 208 g/mol. The molecule has 0 saturated carbocycles. The molecule has 0 spiro atoms. The SMILES string of the molecule is C=C(C)/C=C(OCC)\C(=C/N=O)C(=O)NC. The van der Waals surface area contributed by atoms with E-state index in [0.717, 1.165) is 6.20 Å². The molecule has 0 radical (unpaired) electrons. The molecule has 16 heavy (non-hydrogen) atoms. The van der Waals surface area contributed by atoms with E-state index in [1.165, 1.54) is 7.05 Å². The number of nitrogens with zero attached hydrogens (tertiary/aromatic N) is 1. The third-order valence-corrected chi connectivity index (χ3v) is 1.60. The minimum Gasteiger partial charge on any atom is -0.493 e. The predicted octanol–water partition coefficient (Wildman–Crippen LogP) is 1.88. The van der Waals surface area contributed by atoms with Gasteiger partial charge in [-0.2, -0.15) is 0 Å². The van der Waals surface area contributed by atoms with Gasteiger partial charge in [0.25, 0.3) is 5.91 Å². The van der Waals surface area contributed by atoms with Gasteiger partial charge in [0.15, 0.2) is 0 Å². The molecule has 0 aliphatic carbocycles. The van der Waals surface area contributed by atoms with Crippen LogP contribution in [0.15, 0.2) is 40.9 Å². The monoisotopic (exact) mass is 224 g/mol. The summed E-state index contributed by atoms with van der Waals surface area (Å²) >= 11 is 0. The molecule has 0 heterocycles. The summed E-state index contributed by atoms with van der Waals surface area (Å²) in [7, 11) is 1.46. The minimum atomic E-state index is -0.430. The molecule has 0 aromatic heterocycles. The molecule has 0 fully saturated rings. The third kappa shape index (κ3) is 4.54. The molecule has 0 bridgehead atoms. The number of carbonyl (C=O) groups is 1. The lowest BCUT2D eigenvalue weighted by Crippen LogP contribution is -2.22. The molecule has 5 heteroatoms. The van der Waals surface area contributed by atoms with E-state index in [1.807, 2.05) is 0 Å². The Kier molecular flexibility index (Phi) is 6.51. The van der Waals surface area contributed by atoms with Crippen molar-refractivity contribution < 1.29 is 9.53 Å². The van der Waals surface area contributed by atoms with Gasteiger partial charge in [-0.15, -0.1) is 4.91 Å². The minimum absolute atomic E-state index is 0.0855. The zero-order valence-corrected chi connectivity index (χ0v) is 9.74. The number of nitrogens with one attached hydrogen (secondary N) is 1. The number of carbonyl (C=O) groups excluding carboxylic acids is 1. The van der Waals surface area contributed by atoms with E-state index < -0.39 is 5.91 Å². The molecule has 88 valence electrons. The van der Waals surface area contributed by atoms with Crippen molar-refractivity contribution in [2.75, 3.05) is 13.7 Å². The van der Waals surface area contributed by atoms with Gasteiger partial charge in [0.05, 0.1) is 12.8 Å². The summed E-state index contributed by atoms with van der Waals surface area (Å²) in [6.45, 7) is 7.60. The fourth-order valence-corrected chi connectivity index (χ4v) is 0.998. The molecule has 5 nitrogen and oxygen atoms in total. The molecule has 0 atom stereocenters. The van der Waals surface area contributed by atoms with Gasteiger partial charge in [-0.1, -0.05) is 12.2 Å². The predicted molar refractivity (Wildman–Crippen MR) is 62.5 cm³/mol. The Morgan fingerprint density at radius 3 is 2.56 bits per heavy atom. The van der Waals surface area contributed by atoms with Crippen LogP contribution in [0.25, 0.3) is 0 Å². The van der Waals surface area contributed by atoms with E-state index in [4.69, 9.17) is 4.74 Å². The second-order valence-electron chi connectivity index (χ2n) is 3.02. The van der Waals surface area contributed by atoms with Crippen LogP contribution in [0.1, 0.15) is 13.8 Å². The van der Waals surface area contributed by atoms with Crippen molar-refractivity contribution in [2.24, 2.45) is 5.18 Å². The van der Waals surface area contributed by atoms with Gasteiger partial charge in [0.1, 0.15) is 11.3 Å². The van der Waals surface area contributed by atoms with E-state index in [2.05, 4.69) is 17.1 Å². The van der Waals surface area contributed by atoms with Crippen LogP contribution in [0.3, 0.4) is 0 Å². The highest BCUT2D eigenvalue weighted by molar-refractivity contribution is 5.97. The van der Waals surface area contributed by atoms with Gasteiger partial charge in [-0.25, -0.2) is 0 Å². The fraction of sp³-hybridized carbons (Fsp3) is 0.364. The van der Waals surface area contributed by atoms with E-state index in [1.54, 1.807) is 19.9 Å². The topological polar surface area (TPSA) is 67.8 Å². The molecule has 0 aromatic rings. The first-order valence-corrected chi connectivity index (χ1v) is 4.81. The van der Waals surface area contributed by atoms with Crippen LogP contribution in [0.4, 0.5) is 0 Å². The number of nitroso groups, excluding NO2 is 1. The number of amides is 1. The van der Waals surface area contributed by atoms with Gasteiger partial charge in [-0.05, 0) is 25.1 Å². The van der Waals surface area contributed by atoms with E-state index in [-0.39, 0.29) is 11.3 Å². The molecule has 0 aromatic carbocycles. The van der Waals surface area contributed by atoms with Crippen LogP contribution in [0, 0.1) is 4.91 Å². The first-order valence-electron chi connectivity index (χ1n) is 4.81. The Labute approximate surface area is 94.8 Å². The van der Waals surface area contributed by atoms with E-state index in [9.17, 15) is 9.70 Å². The molecule has 0 saturated heterocycles. The van der Waals surface area contributed by atoms with Crippen molar-refractivity contribution in [3.63, 3.8) is 0 Å². The standard InChI is InChI=1S/C11H16N2O3/c1-5-16-10(6-8(2)3)9(7-13-15)11(14)12-4/h6-7H,2,5H2,1,3-4H3,(H,12,14)/b9-7+,10-6+. The number of allylic oxidation sites excluding steroid dienone is 2. The summed E-state index contributed by atoms with van der Waals surface area (Å²) in [5.41, 5.74) is 0.798. The lowest BCUT2D eigenvalue weighted by atomic mass is 10.1. The van der Waals surface area contributed by atoms with Crippen LogP contribution in [-0.2, 0) is 9.53 Å². The highest BCUT2D eigenvalue weighted by Crippen LogP contribution is 2.14. The van der Waals surface area contributed by atoms with Crippen molar-refractivity contribution in [1.82, 2.24) is 5.32 Å². The summed E-state index contributed by atoms with van der Waals surface area (Å²) in [6.07, 6.45) is 2.50. The van der Waals surface area contributed by atoms with Gasteiger partial charge in [0.2, 0.25) is 0 Å². The molecule has 1 N–H and O–H groups in total. The molecular formula is C11H16N2O3. The van der Waals surface area contributed by atoms with Crippen molar-refractivity contribution >= 4 is 5.91 Å². The number of hydrogen-bond acceptors (Lipinski definition) is 4. The third-order valence-electron chi connectivity index (χ3n) is 1.60. The molecule has 1 amide bonds.